The smallest absolute Gasteiger partial charge is 0.286 e. The first kappa shape index (κ1) is 17.9. The summed E-state index contributed by atoms with van der Waals surface area (Å²) >= 11 is 6.03. The number of carbonyl (C=O) groups excluding carboxylic acids is 2. The molecule has 7 heteroatoms. The number of ether oxygens (including phenoxy) is 1. The van der Waals surface area contributed by atoms with E-state index < -0.39 is 0 Å². The average Bonchev–Trinajstić information content (AvgIpc) is 3.09. The molecule has 2 N–H and O–H groups in total. The van der Waals surface area contributed by atoms with Crippen LogP contribution in [0, 0.1) is 6.92 Å². The molecule has 24 heavy (non-hydrogen) atoms. The molecule has 2 amide bonds. The van der Waals surface area contributed by atoms with Crippen LogP contribution in [0.4, 0.5) is 5.69 Å². The molecule has 0 atom stereocenters. The quantitative estimate of drug-likeness (QED) is 0.750. The fourth-order valence-corrected chi connectivity index (χ4v) is 2.24. The molecule has 6 nitrogen and oxygen atoms in total. The number of anilines is 1. The summed E-state index contributed by atoms with van der Waals surface area (Å²) in [6.45, 7) is 2.23. The zero-order chi connectivity index (χ0) is 17.5. The van der Waals surface area contributed by atoms with Crippen molar-refractivity contribution in [1.82, 2.24) is 5.32 Å². The van der Waals surface area contributed by atoms with Crippen LogP contribution in [-0.2, 0) is 4.79 Å². The molecule has 0 aliphatic rings. The van der Waals surface area contributed by atoms with Crippen LogP contribution in [0.1, 0.15) is 29.0 Å². The highest BCUT2D eigenvalue weighted by Crippen LogP contribution is 2.30. The molecule has 0 radical (unpaired) electrons. The van der Waals surface area contributed by atoms with Gasteiger partial charge in [0.2, 0.25) is 5.91 Å². The topological polar surface area (TPSA) is 80.6 Å². The lowest BCUT2D eigenvalue weighted by Crippen LogP contribution is -2.25. The number of carbonyl (C=O) groups is 2. The molecule has 0 fully saturated rings. The first-order chi connectivity index (χ1) is 11.5. The molecule has 0 saturated carbocycles. The Morgan fingerprint density at radius 2 is 2.12 bits per heavy atom. The van der Waals surface area contributed by atoms with Crippen LogP contribution in [0.2, 0.25) is 5.02 Å². The molecule has 2 aromatic rings. The van der Waals surface area contributed by atoms with Crippen LogP contribution in [0.15, 0.2) is 34.9 Å². The van der Waals surface area contributed by atoms with E-state index in [2.05, 4.69) is 10.6 Å². The van der Waals surface area contributed by atoms with Gasteiger partial charge in [-0.3, -0.25) is 9.59 Å². The zero-order valence-corrected chi connectivity index (χ0v) is 14.3. The van der Waals surface area contributed by atoms with Gasteiger partial charge in [0.25, 0.3) is 5.91 Å². The summed E-state index contributed by atoms with van der Waals surface area (Å²) in [5, 5.41) is 6.05. The van der Waals surface area contributed by atoms with Gasteiger partial charge in [-0.2, -0.15) is 0 Å². The fraction of sp³-hybridized carbons (Fsp3) is 0.294. The summed E-state index contributed by atoms with van der Waals surface area (Å²) < 4.78 is 10.2. The van der Waals surface area contributed by atoms with Gasteiger partial charge in [0, 0.05) is 24.1 Å². The number of nitrogens with one attached hydrogen (secondary N) is 2. The lowest BCUT2D eigenvalue weighted by atomic mass is 10.2. The normalized spacial score (nSPS) is 10.3. The van der Waals surface area contributed by atoms with E-state index in [0.717, 1.165) is 5.56 Å². The molecular weight excluding hydrogens is 332 g/mol. The van der Waals surface area contributed by atoms with Crippen molar-refractivity contribution in [1.29, 1.82) is 0 Å². The summed E-state index contributed by atoms with van der Waals surface area (Å²) in [4.78, 5) is 23.7. The van der Waals surface area contributed by atoms with Crippen molar-refractivity contribution in [3.05, 3.63) is 46.9 Å². The predicted octanol–water partition coefficient (Wildman–Crippen LogP) is 3.40. The third-order valence-electron chi connectivity index (χ3n) is 3.37. The largest absolute Gasteiger partial charge is 0.495 e. The van der Waals surface area contributed by atoms with Crippen LogP contribution in [0.25, 0.3) is 0 Å². The van der Waals surface area contributed by atoms with Crippen molar-refractivity contribution < 1.29 is 18.7 Å². The summed E-state index contributed by atoms with van der Waals surface area (Å²) in [7, 11) is 1.51. The lowest BCUT2D eigenvalue weighted by molar-refractivity contribution is -0.116. The van der Waals surface area contributed by atoms with E-state index >= 15 is 0 Å². The van der Waals surface area contributed by atoms with Gasteiger partial charge >= 0.3 is 0 Å². The Hall–Kier alpha value is -2.47. The summed E-state index contributed by atoms with van der Waals surface area (Å²) in [5.41, 5.74) is 1.42. The molecule has 1 aromatic carbocycles. The van der Waals surface area contributed by atoms with Crippen molar-refractivity contribution in [2.24, 2.45) is 0 Å². The molecule has 0 spiro atoms. The number of hydrogen-bond donors (Lipinski definition) is 2. The molecule has 1 heterocycles. The summed E-state index contributed by atoms with van der Waals surface area (Å²) in [6.07, 6.45) is 2.21. The summed E-state index contributed by atoms with van der Waals surface area (Å²) in [5.74, 6) is 0.295. The number of rotatable bonds is 7. The van der Waals surface area contributed by atoms with Gasteiger partial charge in [-0.25, -0.2) is 0 Å². The standard InChI is InChI=1S/C17H19ClN2O4/c1-11-9-13(15(23-2)10-12(11)18)20-16(21)6-3-7-19-17(22)14-5-4-8-24-14/h4-5,8-10H,3,6-7H2,1-2H3,(H,19,22)(H,20,21). The van der Waals surface area contributed by atoms with E-state index in [9.17, 15) is 9.59 Å². The molecule has 0 unspecified atom stereocenters. The first-order valence-corrected chi connectivity index (χ1v) is 7.84. The number of methoxy groups -OCH3 is 1. The second-order valence-corrected chi connectivity index (χ2v) is 5.59. The van der Waals surface area contributed by atoms with E-state index in [0.29, 0.717) is 29.4 Å². The van der Waals surface area contributed by atoms with Crippen LogP contribution in [0.5, 0.6) is 5.75 Å². The van der Waals surface area contributed by atoms with Gasteiger partial charge in [0.15, 0.2) is 5.76 Å². The maximum Gasteiger partial charge on any atom is 0.286 e. The van der Waals surface area contributed by atoms with E-state index in [1.54, 1.807) is 24.3 Å². The maximum absolute atomic E-state index is 12.0. The van der Waals surface area contributed by atoms with Gasteiger partial charge in [0.05, 0.1) is 19.1 Å². The second-order valence-electron chi connectivity index (χ2n) is 5.19. The van der Waals surface area contributed by atoms with Gasteiger partial charge in [0.1, 0.15) is 5.75 Å². The Balaban J connectivity index is 1.79. The molecule has 1 aromatic heterocycles. The van der Waals surface area contributed by atoms with Crippen molar-refractivity contribution >= 4 is 29.1 Å². The van der Waals surface area contributed by atoms with Crippen LogP contribution >= 0.6 is 11.6 Å². The Morgan fingerprint density at radius 1 is 1.33 bits per heavy atom. The third kappa shape index (κ3) is 4.76. The van der Waals surface area contributed by atoms with Crippen LogP contribution < -0.4 is 15.4 Å². The third-order valence-corrected chi connectivity index (χ3v) is 3.77. The average molecular weight is 351 g/mol. The number of hydrogen-bond acceptors (Lipinski definition) is 4. The highest BCUT2D eigenvalue weighted by molar-refractivity contribution is 6.31. The van der Waals surface area contributed by atoms with Crippen molar-refractivity contribution in [3.8, 4) is 5.75 Å². The molecule has 0 saturated heterocycles. The Bertz CT molecular complexity index is 714. The van der Waals surface area contributed by atoms with E-state index in [1.165, 1.54) is 13.4 Å². The van der Waals surface area contributed by atoms with Crippen molar-refractivity contribution in [2.45, 2.75) is 19.8 Å². The van der Waals surface area contributed by atoms with Crippen molar-refractivity contribution in [3.63, 3.8) is 0 Å². The predicted molar refractivity (Wildman–Crippen MR) is 91.6 cm³/mol. The number of benzene rings is 1. The number of aryl methyl sites for hydroxylation is 1. The first-order valence-electron chi connectivity index (χ1n) is 7.47. The monoisotopic (exact) mass is 350 g/mol. The minimum atomic E-state index is -0.296. The van der Waals surface area contributed by atoms with Gasteiger partial charge in [-0.05, 0) is 37.1 Å². The van der Waals surface area contributed by atoms with Gasteiger partial charge in [-0.15, -0.1) is 0 Å². The Kier molecular flexibility index (Phi) is 6.26. The van der Waals surface area contributed by atoms with E-state index in [1.807, 2.05) is 6.92 Å². The maximum atomic E-state index is 12.0. The van der Waals surface area contributed by atoms with E-state index in [-0.39, 0.29) is 24.0 Å². The van der Waals surface area contributed by atoms with Crippen molar-refractivity contribution in [2.75, 3.05) is 19.0 Å². The zero-order valence-electron chi connectivity index (χ0n) is 13.5. The Morgan fingerprint density at radius 3 is 2.79 bits per heavy atom. The molecule has 0 aliphatic carbocycles. The molecular formula is C17H19ClN2O4. The highest BCUT2D eigenvalue weighted by atomic mass is 35.5. The minimum absolute atomic E-state index is 0.165. The van der Waals surface area contributed by atoms with Gasteiger partial charge in [-0.1, -0.05) is 11.6 Å². The fourth-order valence-electron chi connectivity index (χ4n) is 2.09. The van der Waals surface area contributed by atoms with E-state index in [4.69, 9.17) is 20.8 Å². The van der Waals surface area contributed by atoms with Gasteiger partial charge < -0.3 is 19.8 Å². The minimum Gasteiger partial charge on any atom is -0.495 e. The molecule has 0 aliphatic heterocycles. The molecule has 0 bridgehead atoms. The number of amides is 2. The summed E-state index contributed by atoms with van der Waals surface area (Å²) in [6, 6.07) is 6.65. The Labute approximate surface area is 145 Å². The SMILES string of the molecule is COc1cc(Cl)c(C)cc1NC(=O)CCCNC(=O)c1ccco1. The molecule has 128 valence electrons. The van der Waals surface area contributed by atoms with Crippen LogP contribution in [0.3, 0.4) is 0 Å². The number of halogens is 1. The van der Waals surface area contributed by atoms with Crippen LogP contribution in [-0.4, -0.2) is 25.5 Å². The number of furan rings is 1. The lowest BCUT2D eigenvalue weighted by Gasteiger charge is -2.12. The molecule has 2 rings (SSSR count). The highest BCUT2D eigenvalue weighted by Gasteiger charge is 2.11. The second kappa shape index (κ2) is 8.40.